The monoisotopic (exact) mass is 238 g/mol. The Bertz CT molecular complexity index is 707. The first kappa shape index (κ1) is 9.83. The lowest BCUT2D eigenvalue weighted by atomic mass is 9.98. The fraction of sp³-hybridized carbons (Fsp3) is 0.133. The second-order valence-electron chi connectivity index (χ2n) is 4.62. The van der Waals surface area contributed by atoms with Crippen LogP contribution in [0.25, 0.3) is 11.3 Å². The second kappa shape index (κ2) is 3.42. The summed E-state index contributed by atoms with van der Waals surface area (Å²) in [5.41, 5.74) is 4.70. The Kier molecular flexibility index (Phi) is 1.87. The molecule has 2 aliphatic rings. The smallest absolute Gasteiger partial charge is 0.149 e. The van der Waals surface area contributed by atoms with Crippen molar-refractivity contribution in [3.63, 3.8) is 0 Å². The van der Waals surface area contributed by atoms with E-state index in [1.165, 1.54) is 11.6 Å². The molecule has 0 N–H and O–H groups in total. The van der Waals surface area contributed by atoms with Crippen molar-refractivity contribution < 1.29 is 4.39 Å². The first-order chi connectivity index (χ1) is 8.84. The molecule has 0 atom stereocenters. The van der Waals surface area contributed by atoms with E-state index in [0.717, 1.165) is 24.1 Å². The zero-order valence-electron chi connectivity index (χ0n) is 9.73. The lowest BCUT2D eigenvalue weighted by Crippen LogP contribution is -2.05. The third kappa shape index (κ3) is 1.19. The molecule has 1 aliphatic carbocycles. The van der Waals surface area contributed by atoms with E-state index in [4.69, 9.17) is 0 Å². The predicted molar refractivity (Wildman–Crippen MR) is 70.2 cm³/mol. The maximum Gasteiger partial charge on any atom is 0.149 e. The number of allylic oxidation sites excluding steroid dienone is 2. The van der Waals surface area contributed by atoms with Gasteiger partial charge >= 0.3 is 0 Å². The summed E-state index contributed by atoms with van der Waals surface area (Å²) < 4.78 is 16.0. The van der Waals surface area contributed by atoms with Crippen LogP contribution in [-0.2, 0) is 6.42 Å². The Morgan fingerprint density at radius 2 is 2.17 bits per heavy atom. The van der Waals surface area contributed by atoms with Crippen molar-refractivity contribution >= 4 is 17.5 Å². The average molecular weight is 238 g/mol. The molecule has 2 heterocycles. The molecule has 0 unspecified atom stereocenters. The van der Waals surface area contributed by atoms with Gasteiger partial charge in [-0.1, -0.05) is 12.1 Å². The van der Waals surface area contributed by atoms with Crippen molar-refractivity contribution in [3.05, 3.63) is 53.6 Å². The number of para-hydroxylation sites is 1. The molecule has 1 aromatic carbocycles. The van der Waals surface area contributed by atoms with Gasteiger partial charge in [-0.15, -0.1) is 0 Å². The highest BCUT2D eigenvalue weighted by Crippen LogP contribution is 2.36. The van der Waals surface area contributed by atoms with Crippen molar-refractivity contribution in [2.75, 3.05) is 0 Å². The van der Waals surface area contributed by atoms with Gasteiger partial charge in [0.2, 0.25) is 0 Å². The molecule has 0 fully saturated rings. The molecule has 0 saturated heterocycles. The molecule has 4 rings (SSSR count). The van der Waals surface area contributed by atoms with Crippen molar-refractivity contribution in [2.24, 2.45) is 4.99 Å². The summed E-state index contributed by atoms with van der Waals surface area (Å²) >= 11 is 0. The summed E-state index contributed by atoms with van der Waals surface area (Å²) in [6.45, 7) is 0. The van der Waals surface area contributed by atoms with Crippen LogP contribution in [0.15, 0.2) is 41.5 Å². The third-order valence-corrected chi connectivity index (χ3v) is 3.57. The summed E-state index contributed by atoms with van der Waals surface area (Å²) in [6, 6.07) is 7.11. The fourth-order valence-electron chi connectivity index (χ4n) is 2.76. The Morgan fingerprint density at radius 1 is 1.22 bits per heavy atom. The maximum atomic E-state index is 14.1. The first-order valence-electron chi connectivity index (χ1n) is 6.08. The highest BCUT2D eigenvalue weighted by Gasteiger charge is 2.22. The van der Waals surface area contributed by atoms with Crippen LogP contribution < -0.4 is 0 Å². The van der Waals surface area contributed by atoms with Crippen LogP contribution in [0.3, 0.4) is 0 Å². The molecule has 0 radical (unpaired) electrons. The lowest BCUT2D eigenvalue weighted by molar-refractivity contribution is 0.618. The molecule has 18 heavy (non-hydrogen) atoms. The van der Waals surface area contributed by atoms with Crippen molar-refractivity contribution in [1.29, 1.82) is 0 Å². The van der Waals surface area contributed by atoms with Crippen molar-refractivity contribution in [3.8, 4) is 5.69 Å². The molecule has 1 aliphatic heterocycles. The molecular weight excluding hydrogens is 227 g/mol. The van der Waals surface area contributed by atoms with Crippen LogP contribution in [0.2, 0.25) is 0 Å². The largest absolute Gasteiger partial charge is 0.312 e. The maximum absolute atomic E-state index is 14.1. The zero-order chi connectivity index (χ0) is 12.1. The Morgan fingerprint density at radius 3 is 3.11 bits per heavy atom. The van der Waals surface area contributed by atoms with Gasteiger partial charge in [0.05, 0.1) is 11.4 Å². The van der Waals surface area contributed by atoms with Gasteiger partial charge in [0.15, 0.2) is 0 Å². The van der Waals surface area contributed by atoms with Gasteiger partial charge in [0.25, 0.3) is 0 Å². The number of nitrogens with zero attached hydrogens (tertiary/aromatic N) is 2. The van der Waals surface area contributed by atoms with Crippen LogP contribution in [0.1, 0.15) is 17.7 Å². The molecule has 3 heteroatoms. The Hall–Kier alpha value is -2.16. The molecule has 1 aromatic heterocycles. The molecule has 88 valence electrons. The van der Waals surface area contributed by atoms with E-state index in [2.05, 4.69) is 17.1 Å². The van der Waals surface area contributed by atoms with Crippen LogP contribution in [0.4, 0.5) is 10.1 Å². The molecule has 0 amide bonds. The van der Waals surface area contributed by atoms with Crippen molar-refractivity contribution in [2.45, 2.75) is 12.8 Å². The minimum atomic E-state index is -0.227. The van der Waals surface area contributed by atoms with E-state index in [-0.39, 0.29) is 5.82 Å². The summed E-state index contributed by atoms with van der Waals surface area (Å²) in [5.74, 6) is -0.227. The molecule has 0 spiro atoms. The molecule has 0 saturated carbocycles. The Labute approximate surface area is 104 Å². The van der Waals surface area contributed by atoms with Crippen LogP contribution in [0, 0.1) is 5.82 Å². The van der Waals surface area contributed by atoms with Gasteiger partial charge in [-0.05, 0) is 36.6 Å². The minimum absolute atomic E-state index is 0.227. The zero-order valence-corrected chi connectivity index (χ0v) is 9.73. The number of hydrogen-bond acceptors (Lipinski definition) is 1. The number of aromatic nitrogens is 1. The number of fused-ring (bicyclic) bond motifs is 2. The van der Waals surface area contributed by atoms with E-state index < -0.39 is 0 Å². The summed E-state index contributed by atoms with van der Waals surface area (Å²) in [6.07, 6.45) is 8.01. The first-order valence-corrected chi connectivity index (χ1v) is 6.08. The van der Waals surface area contributed by atoms with E-state index in [0.29, 0.717) is 11.4 Å². The third-order valence-electron chi connectivity index (χ3n) is 3.57. The normalized spacial score (nSPS) is 15.7. The van der Waals surface area contributed by atoms with Crippen molar-refractivity contribution in [1.82, 2.24) is 4.57 Å². The van der Waals surface area contributed by atoms with Gasteiger partial charge < -0.3 is 4.57 Å². The van der Waals surface area contributed by atoms with Crippen LogP contribution in [-0.4, -0.2) is 10.8 Å². The average Bonchev–Trinajstić information content (AvgIpc) is 2.72. The summed E-state index contributed by atoms with van der Waals surface area (Å²) in [7, 11) is 0. The molecule has 2 aromatic rings. The topological polar surface area (TPSA) is 17.3 Å². The highest BCUT2D eigenvalue weighted by molar-refractivity contribution is 6.12. The predicted octanol–water partition coefficient (Wildman–Crippen LogP) is 3.66. The highest BCUT2D eigenvalue weighted by atomic mass is 19.1. The van der Waals surface area contributed by atoms with Gasteiger partial charge in [0.1, 0.15) is 11.5 Å². The van der Waals surface area contributed by atoms with Gasteiger partial charge in [0, 0.05) is 18.0 Å². The van der Waals surface area contributed by atoms with E-state index in [1.54, 1.807) is 6.07 Å². The van der Waals surface area contributed by atoms with Crippen LogP contribution >= 0.6 is 0 Å². The van der Waals surface area contributed by atoms with Gasteiger partial charge in [-0.3, -0.25) is 4.99 Å². The van der Waals surface area contributed by atoms with E-state index in [1.807, 2.05) is 23.0 Å². The van der Waals surface area contributed by atoms with E-state index >= 15 is 0 Å². The number of aliphatic imine (C=N–C) groups is 1. The molecular formula is C15H11FN2. The number of hydrogen-bond donors (Lipinski definition) is 0. The van der Waals surface area contributed by atoms with Gasteiger partial charge in [-0.2, -0.15) is 0 Å². The quantitative estimate of drug-likeness (QED) is 0.666. The fourth-order valence-corrected chi connectivity index (χ4v) is 2.76. The number of halogens is 1. The second-order valence-corrected chi connectivity index (χ2v) is 4.62. The number of rotatable bonds is 0. The molecule has 0 bridgehead atoms. The number of benzene rings is 1. The molecule has 2 nitrogen and oxygen atoms in total. The minimum Gasteiger partial charge on any atom is -0.312 e. The lowest BCUT2D eigenvalue weighted by Gasteiger charge is -2.14. The Balaban J connectivity index is 2.13. The van der Waals surface area contributed by atoms with E-state index in [9.17, 15) is 4.39 Å². The van der Waals surface area contributed by atoms with Crippen LogP contribution in [0.5, 0.6) is 0 Å². The summed E-state index contributed by atoms with van der Waals surface area (Å²) in [5, 5.41) is 0. The van der Waals surface area contributed by atoms with Gasteiger partial charge in [-0.25, -0.2) is 4.39 Å². The summed E-state index contributed by atoms with van der Waals surface area (Å²) in [4.78, 5) is 4.41. The number of aryl methyl sites for hydroxylation is 1. The SMILES string of the molecule is Fc1cccc2c1-n1ccc3c1C(=CCC3)C=N2. The standard InChI is InChI=1S/C15H11FN2/c16-12-5-2-6-13-15(12)18-8-7-10-3-1-4-11(9-17-13)14(10)18/h2,4-9H,1,3H2.